The molecule has 0 atom stereocenters. The van der Waals surface area contributed by atoms with E-state index in [1.807, 2.05) is 6.07 Å². The third-order valence-electron chi connectivity index (χ3n) is 1.38. The summed E-state index contributed by atoms with van der Waals surface area (Å²) in [6.45, 7) is 0. The van der Waals surface area contributed by atoms with E-state index in [2.05, 4.69) is 11.8 Å². The summed E-state index contributed by atoms with van der Waals surface area (Å²) in [6.07, 6.45) is 0.153. The molecule has 0 bridgehead atoms. The minimum absolute atomic E-state index is 0.153. The fraction of sp³-hybridized carbons (Fsp3) is 0.100. The van der Waals surface area contributed by atoms with Crippen LogP contribution >= 0.6 is 34.8 Å². The highest BCUT2D eigenvalue weighted by molar-refractivity contribution is 6.43. The van der Waals surface area contributed by atoms with Gasteiger partial charge in [-0.25, -0.2) is 0 Å². The Labute approximate surface area is 97.2 Å². The molecule has 0 radical (unpaired) electrons. The van der Waals surface area contributed by atoms with E-state index in [4.69, 9.17) is 40.1 Å². The number of halogens is 3. The van der Waals surface area contributed by atoms with Crippen molar-refractivity contribution in [3.63, 3.8) is 0 Å². The zero-order valence-corrected chi connectivity index (χ0v) is 9.21. The van der Waals surface area contributed by atoms with Gasteiger partial charge >= 0.3 is 0 Å². The summed E-state index contributed by atoms with van der Waals surface area (Å²) in [4.78, 5) is 0. The Hall–Kier alpha value is -0.860. The minimum Gasteiger partial charge on any atom is -0.197 e. The van der Waals surface area contributed by atoms with Gasteiger partial charge in [0.25, 0.3) is 0 Å². The monoisotopic (exact) mass is 243 g/mol. The van der Waals surface area contributed by atoms with Crippen molar-refractivity contribution in [1.82, 2.24) is 0 Å². The van der Waals surface area contributed by atoms with Gasteiger partial charge in [0.15, 0.2) is 0 Å². The number of hydrogen-bond acceptors (Lipinski definition) is 1. The first-order valence-electron chi connectivity index (χ1n) is 3.65. The molecule has 0 aliphatic carbocycles. The van der Waals surface area contributed by atoms with Crippen molar-refractivity contribution in [3.8, 4) is 17.9 Å². The molecule has 0 fully saturated rings. The van der Waals surface area contributed by atoms with Crippen molar-refractivity contribution < 1.29 is 0 Å². The minimum atomic E-state index is 0.153. The van der Waals surface area contributed by atoms with Gasteiger partial charge in [0.1, 0.15) is 0 Å². The molecule has 1 nitrogen and oxygen atoms in total. The molecule has 0 aliphatic heterocycles. The lowest BCUT2D eigenvalue weighted by molar-refractivity contribution is 1.39. The molecule has 0 aliphatic rings. The molecule has 0 spiro atoms. The third-order valence-corrected chi connectivity index (χ3v) is 2.40. The molecule has 0 unspecified atom stereocenters. The van der Waals surface area contributed by atoms with Gasteiger partial charge in [0.05, 0.1) is 22.5 Å². The van der Waals surface area contributed by atoms with E-state index >= 15 is 0 Å². The lowest BCUT2D eigenvalue weighted by Gasteiger charge is -1.99. The summed E-state index contributed by atoms with van der Waals surface area (Å²) < 4.78 is 0. The van der Waals surface area contributed by atoms with Crippen molar-refractivity contribution in [2.45, 2.75) is 6.42 Å². The Kier molecular flexibility index (Phi) is 4.11. The van der Waals surface area contributed by atoms with Crippen molar-refractivity contribution in [3.05, 3.63) is 32.8 Å². The second kappa shape index (κ2) is 5.13. The molecule has 1 aromatic carbocycles. The van der Waals surface area contributed by atoms with Crippen LogP contribution in [0.4, 0.5) is 0 Å². The maximum atomic E-state index is 8.29. The highest BCUT2D eigenvalue weighted by atomic mass is 35.5. The summed E-state index contributed by atoms with van der Waals surface area (Å²) in [5.41, 5.74) is 0.541. The summed E-state index contributed by atoms with van der Waals surface area (Å²) >= 11 is 17.4. The molecular weight excluding hydrogens is 240 g/mol. The lowest BCUT2D eigenvalue weighted by Crippen LogP contribution is -1.79. The van der Waals surface area contributed by atoms with Crippen LogP contribution < -0.4 is 0 Å². The van der Waals surface area contributed by atoms with Crippen LogP contribution in [0.1, 0.15) is 12.0 Å². The molecule has 0 heterocycles. The van der Waals surface area contributed by atoms with E-state index in [1.54, 1.807) is 12.1 Å². The average Bonchev–Trinajstić information content (AvgIpc) is 2.13. The van der Waals surface area contributed by atoms with Crippen LogP contribution in [-0.4, -0.2) is 0 Å². The second-order valence-corrected chi connectivity index (χ2v) is 3.61. The largest absolute Gasteiger partial charge is 0.197 e. The lowest BCUT2D eigenvalue weighted by atomic mass is 10.2. The Bertz CT molecular complexity index is 449. The molecular formula is C10H4Cl3N. The summed E-state index contributed by atoms with van der Waals surface area (Å²) in [7, 11) is 0. The van der Waals surface area contributed by atoms with Gasteiger partial charge in [0.2, 0.25) is 0 Å². The topological polar surface area (TPSA) is 23.8 Å². The van der Waals surface area contributed by atoms with Gasteiger partial charge in [-0.15, -0.1) is 0 Å². The van der Waals surface area contributed by atoms with Crippen LogP contribution in [-0.2, 0) is 0 Å². The van der Waals surface area contributed by atoms with E-state index in [1.165, 1.54) is 0 Å². The number of rotatable bonds is 0. The zero-order valence-electron chi connectivity index (χ0n) is 6.94. The molecule has 0 N–H and O–H groups in total. The van der Waals surface area contributed by atoms with Crippen molar-refractivity contribution in [1.29, 1.82) is 5.26 Å². The molecule has 70 valence electrons. The molecule has 1 aromatic rings. The number of benzene rings is 1. The van der Waals surface area contributed by atoms with Gasteiger partial charge in [-0.05, 0) is 12.1 Å². The molecule has 0 saturated carbocycles. The van der Waals surface area contributed by atoms with E-state index in [-0.39, 0.29) is 6.42 Å². The van der Waals surface area contributed by atoms with E-state index < -0.39 is 0 Å². The van der Waals surface area contributed by atoms with Crippen LogP contribution in [0.3, 0.4) is 0 Å². The first-order chi connectivity index (χ1) is 6.65. The second-order valence-electron chi connectivity index (χ2n) is 2.39. The Balaban J connectivity index is 3.11. The van der Waals surface area contributed by atoms with Crippen LogP contribution in [0.15, 0.2) is 12.1 Å². The first-order valence-corrected chi connectivity index (χ1v) is 4.79. The average molecular weight is 245 g/mol. The summed E-state index contributed by atoms with van der Waals surface area (Å²) in [5.74, 6) is 5.36. The number of nitriles is 1. The SMILES string of the molecule is N#CCC#Cc1cc(Cl)cc(Cl)c1Cl. The summed E-state index contributed by atoms with van der Waals surface area (Å²) in [5, 5.41) is 9.48. The van der Waals surface area contributed by atoms with Gasteiger partial charge < -0.3 is 0 Å². The zero-order chi connectivity index (χ0) is 10.6. The number of hydrogen-bond donors (Lipinski definition) is 0. The van der Waals surface area contributed by atoms with Crippen LogP contribution in [0, 0.1) is 23.2 Å². The van der Waals surface area contributed by atoms with E-state index in [9.17, 15) is 0 Å². The number of nitrogens with zero attached hydrogens (tertiary/aromatic N) is 1. The van der Waals surface area contributed by atoms with Gasteiger partial charge in [0, 0.05) is 10.6 Å². The Morgan fingerprint density at radius 2 is 1.93 bits per heavy atom. The Morgan fingerprint density at radius 3 is 2.57 bits per heavy atom. The predicted molar refractivity (Wildman–Crippen MR) is 58.6 cm³/mol. The maximum Gasteiger partial charge on any atom is 0.0966 e. The van der Waals surface area contributed by atoms with Gasteiger partial charge in [-0.2, -0.15) is 5.26 Å². The van der Waals surface area contributed by atoms with Gasteiger partial charge in [-0.1, -0.05) is 46.6 Å². The quantitative estimate of drug-likeness (QED) is 0.501. The van der Waals surface area contributed by atoms with Crippen molar-refractivity contribution in [2.24, 2.45) is 0 Å². The van der Waals surface area contributed by atoms with E-state index in [0.717, 1.165) is 0 Å². The maximum absolute atomic E-state index is 8.29. The van der Waals surface area contributed by atoms with Crippen molar-refractivity contribution in [2.75, 3.05) is 0 Å². The van der Waals surface area contributed by atoms with Crippen LogP contribution in [0.25, 0.3) is 0 Å². The third kappa shape index (κ3) is 2.82. The molecule has 4 heteroatoms. The molecule has 0 aromatic heterocycles. The van der Waals surface area contributed by atoms with Crippen molar-refractivity contribution >= 4 is 34.8 Å². The van der Waals surface area contributed by atoms with Gasteiger partial charge in [-0.3, -0.25) is 0 Å². The molecule has 0 amide bonds. The highest BCUT2D eigenvalue weighted by Gasteiger charge is 2.04. The van der Waals surface area contributed by atoms with Crippen LogP contribution in [0.2, 0.25) is 15.1 Å². The van der Waals surface area contributed by atoms with Crippen LogP contribution in [0.5, 0.6) is 0 Å². The normalized spacial score (nSPS) is 8.71. The molecule has 14 heavy (non-hydrogen) atoms. The molecule has 1 rings (SSSR count). The fourth-order valence-electron chi connectivity index (χ4n) is 0.826. The molecule has 0 saturated heterocycles. The smallest absolute Gasteiger partial charge is 0.0966 e. The fourth-order valence-corrected chi connectivity index (χ4v) is 1.48. The Morgan fingerprint density at radius 1 is 1.21 bits per heavy atom. The predicted octanol–water partition coefficient (Wildman–Crippen LogP) is 3.91. The highest BCUT2D eigenvalue weighted by Crippen LogP contribution is 2.29. The standard InChI is InChI=1S/C10H4Cl3N/c11-8-5-7(3-1-2-4-14)10(13)9(12)6-8/h5-6H,2H2. The van der Waals surface area contributed by atoms with E-state index in [0.29, 0.717) is 20.6 Å². The first kappa shape index (κ1) is 11.2. The summed E-state index contributed by atoms with van der Waals surface area (Å²) in [6, 6.07) is 5.06.